The van der Waals surface area contributed by atoms with Gasteiger partial charge in [0.05, 0.1) is 18.8 Å². The Hall–Kier alpha value is -2.44. The molecule has 1 aliphatic rings. The lowest BCUT2D eigenvalue weighted by Gasteiger charge is -2.22. The summed E-state index contributed by atoms with van der Waals surface area (Å²) in [6.45, 7) is 2.73. The van der Waals surface area contributed by atoms with Crippen molar-refractivity contribution in [2.45, 2.75) is 32.0 Å². The van der Waals surface area contributed by atoms with Gasteiger partial charge in [0.25, 0.3) is 0 Å². The Morgan fingerprint density at radius 3 is 2.72 bits per heavy atom. The number of aromatic nitrogens is 1. The standard InChI is InChI=1S/C19H22N2O4/c22-19(23)16-3-1-2-14(10-16)12-20-13-15-4-7-21-18(11-15)25-17-5-8-24-9-6-17/h1-4,7,10-11,17,20H,5-6,8-9,12-13H2,(H,22,23). The zero-order valence-corrected chi connectivity index (χ0v) is 14.0. The number of ether oxygens (including phenoxy) is 2. The van der Waals surface area contributed by atoms with Gasteiger partial charge in [-0.2, -0.15) is 0 Å². The molecule has 2 N–H and O–H groups in total. The molecule has 2 aromatic rings. The molecule has 0 spiro atoms. The van der Waals surface area contributed by atoms with Gasteiger partial charge >= 0.3 is 5.97 Å². The summed E-state index contributed by atoms with van der Waals surface area (Å²) in [6, 6.07) is 10.8. The normalized spacial score (nSPS) is 15.0. The van der Waals surface area contributed by atoms with Crippen molar-refractivity contribution in [3.05, 3.63) is 59.3 Å². The van der Waals surface area contributed by atoms with Crippen LogP contribution in [0.4, 0.5) is 0 Å². The van der Waals surface area contributed by atoms with Gasteiger partial charge < -0.3 is 19.9 Å². The number of hydrogen-bond acceptors (Lipinski definition) is 5. The lowest BCUT2D eigenvalue weighted by molar-refractivity contribution is 0.0237. The smallest absolute Gasteiger partial charge is 0.335 e. The summed E-state index contributed by atoms with van der Waals surface area (Å²) < 4.78 is 11.3. The molecule has 0 aliphatic carbocycles. The molecular weight excluding hydrogens is 320 g/mol. The number of nitrogens with one attached hydrogen (secondary N) is 1. The summed E-state index contributed by atoms with van der Waals surface area (Å²) in [7, 11) is 0. The number of nitrogens with zero attached hydrogens (tertiary/aromatic N) is 1. The van der Waals surface area contributed by atoms with Crippen LogP contribution in [0.15, 0.2) is 42.6 Å². The van der Waals surface area contributed by atoms with Crippen molar-refractivity contribution in [2.75, 3.05) is 13.2 Å². The Morgan fingerprint density at radius 1 is 1.20 bits per heavy atom. The summed E-state index contributed by atoms with van der Waals surface area (Å²) in [5.74, 6) is -0.273. The fraction of sp³-hybridized carbons (Fsp3) is 0.368. The first-order chi connectivity index (χ1) is 12.2. The average molecular weight is 342 g/mol. The Morgan fingerprint density at radius 2 is 1.96 bits per heavy atom. The van der Waals surface area contributed by atoms with Gasteiger partial charge in [0, 0.05) is 38.2 Å². The van der Waals surface area contributed by atoms with Crippen LogP contribution in [0.25, 0.3) is 0 Å². The van der Waals surface area contributed by atoms with E-state index in [0.717, 1.165) is 37.2 Å². The number of pyridine rings is 1. The zero-order valence-electron chi connectivity index (χ0n) is 14.0. The van der Waals surface area contributed by atoms with Gasteiger partial charge in [-0.1, -0.05) is 12.1 Å². The number of aromatic carboxylic acids is 1. The Kier molecular flexibility index (Phi) is 5.98. The van der Waals surface area contributed by atoms with Crippen LogP contribution in [0.1, 0.15) is 34.3 Å². The van der Waals surface area contributed by atoms with E-state index in [1.165, 1.54) is 0 Å². The molecule has 1 aliphatic heterocycles. The number of carboxylic acid groups (broad SMARTS) is 1. The molecule has 132 valence electrons. The molecule has 0 atom stereocenters. The topological polar surface area (TPSA) is 80.7 Å². The number of rotatable bonds is 7. The minimum Gasteiger partial charge on any atom is -0.478 e. The van der Waals surface area contributed by atoms with Gasteiger partial charge in [0.2, 0.25) is 5.88 Å². The molecule has 1 aromatic heterocycles. The predicted octanol–water partition coefficient (Wildman–Crippen LogP) is 2.63. The molecule has 6 heteroatoms. The van der Waals surface area contributed by atoms with Crippen LogP contribution in [0.5, 0.6) is 5.88 Å². The van der Waals surface area contributed by atoms with Crippen molar-refractivity contribution in [1.82, 2.24) is 10.3 Å². The van der Waals surface area contributed by atoms with Gasteiger partial charge in [-0.3, -0.25) is 0 Å². The van der Waals surface area contributed by atoms with Crippen molar-refractivity contribution >= 4 is 5.97 Å². The van der Waals surface area contributed by atoms with Crippen LogP contribution >= 0.6 is 0 Å². The van der Waals surface area contributed by atoms with Crippen molar-refractivity contribution < 1.29 is 19.4 Å². The van der Waals surface area contributed by atoms with Gasteiger partial charge in [0.15, 0.2) is 0 Å². The van der Waals surface area contributed by atoms with Crippen molar-refractivity contribution in [3.63, 3.8) is 0 Å². The van der Waals surface area contributed by atoms with E-state index in [1.807, 2.05) is 18.2 Å². The minimum atomic E-state index is -0.911. The third kappa shape index (κ3) is 5.27. The van der Waals surface area contributed by atoms with E-state index in [-0.39, 0.29) is 6.10 Å². The second-order valence-corrected chi connectivity index (χ2v) is 6.04. The lowest BCUT2D eigenvalue weighted by atomic mass is 10.1. The summed E-state index contributed by atoms with van der Waals surface area (Å²) in [6.07, 6.45) is 3.70. The SMILES string of the molecule is O=C(O)c1cccc(CNCc2ccnc(OC3CCOCC3)c2)c1. The Balaban J connectivity index is 1.52. The second-order valence-electron chi connectivity index (χ2n) is 6.04. The predicted molar refractivity (Wildman–Crippen MR) is 92.7 cm³/mol. The fourth-order valence-corrected chi connectivity index (χ4v) is 2.75. The third-order valence-corrected chi connectivity index (χ3v) is 4.09. The van der Waals surface area contributed by atoms with Crippen molar-refractivity contribution in [2.24, 2.45) is 0 Å². The van der Waals surface area contributed by atoms with E-state index >= 15 is 0 Å². The highest BCUT2D eigenvalue weighted by atomic mass is 16.5. The van der Waals surface area contributed by atoms with Crippen LogP contribution in [0.2, 0.25) is 0 Å². The molecular formula is C19H22N2O4. The maximum atomic E-state index is 11.0. The summed E-state index contributed by atoms with van der Waals surface area (Å²) in [4.78, 5) is 15.3. The van der Waals surface area contributed by atoms with E-state index in [1.54, 1.807) is 24.4 Å². The quantitative estimate of drug-likeness (QED) is 0.805. The zero-order chi connectivity index (χ0) is 17.5. The third-order valence-electron chi connectivity index (χ3n) is 4.09. The average Bonchev–Trinajstić information content (AvgIpc) is 2.63. The van der Waals surface area contributed by atoms with Crippen molar-refractivity contribution in [1.29, 1.82) is 0 Å². The largest absolute Gasteiger partial charge is 0.478 e. The molecule has 1 saturated heterocycles. The van der Waals surface area contributed by atoms with Crippen LogP contribution < -0.4 is 10.1 Å². The summed E-state index contributed by atoms with van der Waals surface area (Å²) >= 11 is 0. The van der Waals surface area contributed by atoms with E-state index in [4.69, 9.17) is 14.6 Å². The molecule has 25 heavy (non-hydrogen) atoms. The van der Waals surface area contributed by atoms with E-state index in [9.17, 15) is 4.79 Å². The van der Waals surface area contributed by atoms with E-state index in [2.05, 4.69) is 10.3 Å². The van der Waals surface area contributed by atoms with Gasteiger partial charge in [-0.15, -0.1) is 0 Å². The first-order valence-electron chi connectivity index (χ1n) is 8.43. The molecule has 0 amide bonds. The number of carbonyl (C=O) groups is 1. The molecule has 0 unspecified atom stereocenters. The summed E-state index contributed by atoms with van der Waals surface area (Å²) in [5.41, 5.74) is 2.31. The fourth-order valence-electron chi connectivity index (χ4n) is 2.75. The maximum Gasteiger partial charge on any atom is 0.335 e. The van der Waals surface area contributed by atoms with Crippen LogP contribution in [0.3, 0.4) is 0 Å². The highest BCUT2D eigenvalue weighted by molar-refractivity contribution is 5.87. The first kappa shape index (κ1) is 17.4. The second kappa shape index (κ2) is 8.60. The first-order valence-corrected chi connectivity index (χ1v) is 8.43. The highest BCUT2D eigenvalue weighted by Crippen LogP contribution is 2.17. The van der Waals surface area contributed by atoms with Gasteiger partial charge in [-0.25, -0.2) is 9.78 Å². The monoisotopic (exact) mass is 342 g/mol. The van der Waals surface area contributed by atoms with E-state index in [0.29, 0.717) is 24.5 Å². The number of carboxylic acids is 1. The molecule has 0 radical (unpaired) electrons. The Labute approximate surface area is 146 Å². The van der Waals surface area contributed by atoms with Crippen LogP contribution in [0, 0.1) is 0 Å². The van der Waals surface area contributed by atoms with Crippen LogP contribution in [-0.4, -0.2) is 35.4 Å². The Bertz CT molecular complexity index is 714. The highest BCUT2D eigenvalue weighted by Gasteiger charge is 2.15. The van der Waals surface area contributed by atoms with Crippen LogP contribution in [-0.2, 0) is 17.8 Å². The lowest BCUT2D eigenvalue weighted by Crippen LogP contribution is -2.26. The van der Waals surface area contributed by atoms with Gasteiger partial charge in [0.1, 0.15) is 6.10 Å². The molecule has 0 saturated carbocycles. The maximum absolute atomic E-state index is 11.0. The summed E-state index contributed by atoms with van der Waals surface area (Å²) in [5, 5.41) is 12.3. The number of benzene rings is 1. The molecule has 1 aromatic carbocycles. The molecule has 2 heterocycles. The van der Waals surface area contributed by atoms with E-state index < -0.39 is 5.97 Å². The molecule has 1 fully saturated rings. The molecule has 0 bridgehead atoms. The molecule has 6 nitrogen and oxygen atoms in total. The minimum absolute atomic E-state index is 0.170. The van der Waals surface area contributed by atoms with Gasteiger partial charge in [-0.05, 0) is 29.3 Å². The van der Waals surface area contributed by atoms with Crippen molar-refractivity contribution in [3.8, 4) is 5.88 Å². The molecule has 3 rings (SSSR count). The number of hydrogen-bond donors (Lipinski definition) is 2.